The summed E-state index contributed by atoms with van der Waals surface area (Å²) in [7, 11) is 0. The Balaban J connectivity index is 1.84. The number of pyridine rings is 1. The Bertz CT molecular complexity index is 946. The summed E-state index contributed by atoms with van der Waals surface area (Å²) >= 11 is 1.30. The van der Waals surface area contributed by atoms with Crippen LogP contribution in [-0.2, 0) is 6.54 Å². The van der Waals surface area contributed by atoms with E-state index in [0.717, 1.165) is 16.1 Å². The van der Waals surface area contributed by atoms with Gasteiger partial charge in [-0.1, -0.05) is 35.6 Å². The fourth-order valence-corrected chi connectivity index (χ4v) is 2.86. The monoisotopic (exact) mass is 340 g/mol. The third-order valence-corrected chi connectivity index (χ3v) is 4.35. The normalized spacial score (nSPS) is 10.6. The molecule has 0 radical (unpaired) electrons. The highest BCUT2D eigenvalue weighted by atomic mass is 32.1. The van der Waals surface area contributed by atoms with Crippen LogP contribution >= 0.6 is 11.3 Å². The van der Waals surface area contributed by atoms with Gasteiger partial charge in [0.2, 0.25) is 5.13 Å². The van der Waals surface area contributed by atoms with Gasteiger partial charge in [-0.15, -0.1) is 10.2 Å². The lowest BCUT2D eigenvalue weighted by Crippen LogP contribution is -2.22. The zero-order chi connectivity index (χ0) is 17.1. The Hall–Kier alpha value is -2.80. The standard InChI is InChI=1S/C17H16N4O2S/c1-11-5-3-4-6-13(11)9-21-10-14(7-8-15(21)22)16(23)18-17-20-19-12(2)24-17/h3-8,10H,9H2,1-2H3,(H,18,20,23). The lowest BCUT2D eigenvalue weighted by Gasteiger charge is -2.10. The number of aryl methyl sites for hydroxylation is 2. The number of amides is 1. The van der Waals surface area contributed by atoms with Crippen molar-refractivity contribution in [2.45, 2.75) is 20.4 Å². The first kappa shape index (κ1) is 16.1. The molecule has 122 valence electrons. The van der Waals surface area contributed by atoms with Crippen molar-refractivity contribution in [2.24, 2.45) is 0 Å². The minimum atomic E-state index is -0.315. The first-order valence-electron chi connectivity index (χ1n) is 7.39. The molecule has 7 heteroatoms. The summed E-state index contributed by atoms with van der Waals surface area (Å²) in [6, 6.07) is 10.8. The maximum atomic E-state index is 12.3. The Labute approximate surface area is 142 Å². The number of benzene rings is 1. The number of aromatic nitrogens is 3. The van der Waals surface area contributed by atoms with E-state index in [1.807, 2.05) is 38.1 Å². The van der Waals surface area contributed by atoms with Gasteiger partial charge in [0.1, 0.15) is 5.01 Å². The first-order chi connectivity index (χ1) is 11.5. The molecule has 0 atom stereocenters. The molecule has 1 amide bonds. The molecule has 1 aromatic carbocycles. The number of nitrogens with one attached hydrogen (secondary N) is 1. The van der Waals surface area contributed by atoms with E-state index < -0.39 is 0 Å². The molecule has 0 aliphatic carbocycles. The molecule has 24 heavy (non-hydrogen) atoms. The van der Waals surface area contributed by atoms with Crippen LogP contribution in [0.1, 0.15) is 26.5 Å². The van der Waals surface area contributed by atoms with Crippen LogP contribution in [0.25, 0.3) is 0 Å². The Morgan fingerprint density at radius 3 is 2.67 bits per heavy atom. The summed E-state index contributed by atoms with van der Waals surface area (Å²) in [6.07, 6.45) is 1.57. The van der Waals surface area contributed by atoms with Crippen molar-refractivity contribution in [1.29, 1.82) is 0 Å². The number of rotatable bonds is 4. The molecule has 3 aromatic rings. The Morgan fingerprint density at radius 1 is 1.17 bits per heavy atom. The van der Waals surface area contributed by atoms with Crippen LogP contribution in [-0.4, -0.2) is 20.7 Å². The van der Waals surface area contributed by atoms with Gasteiger partial charge in [-0.2, -0.15) is 0 Å². The maximum absolute atomic E-state index is 12.3. The first-order valence-corrected chi connectivity index (χ1v) is 8.21. The van der Waals surface area contributed by atoms with Gasteiger partial charge >= 0.3 is 0 Å². The third-order valence-electron chi connectivity index (χ3n) is 3.59. The summed E-state index contributed by atoms with van der Waals surface area (Å²) in [5, 5.41) is 11.6. The fourth-order valence-electron chi connectivity index (χ4n) is 2.28. The average molecular weight is 340 g/mol. The molecular weight excluding hydrogens is 324 g/mol. The predicted octanol–water partition coefficient (Wildman–Crippen LogP) is 2.62. The van der Waals surface area contributed by atoms with Crippen LogP contribution < -0.4 is 10.9 Å². The second kappa shape index (κ2) is 6.76. The molecule has 1 N–H and O–H groups in total. The summed E-state index contributed by atoms with van der Waals surface area (Å²) in [4.78, 5) is 24.4. The van der Waals surface area contributed by atoms with Crippen molar-refractivity contribution in [1.82, 2.24) is 14.8 Å². The predicted molar refractivity (Wildman–Crippen MR) is 93.6 cm³/mol. The number of nitrogens with zero attached hydrogens (tertiary/aromatic N) is 3. The molecule has 2 heterocycles. The van der Waals surface area contributed by atoms with E-state index in [4.69, 9.17) is 0 Å². The van der Waals surface area contributed by atoms with Crippen LogP contribution in [0.4, 0.5) is 5.13 Å². The molecule has 6 nitrogen and oxygen atoms in total. The fraction of sp³-hybridized carbons (Fsp3) is 0.176. The van der Waals surface area contributed by atoms with Gasteiger partial charge in [0.25, 0.3) is 11.5 Å². The quantitative estimate of drug-likeness (QED) is 0.792. The van der Waals surface area contributed by atoms with Crippen LogP contribution in [0, 0.1) is 13.8 Å². The Kier molecular flexibility index (Phi) is 4.52. The lowest BCUT2D eigenvalue weighted by molar-refractivity contribution is 0.102. The SMILES string of the molecule is Cc1nnc(NC(=O)c2ccc(=O)n(Cc3ccccc3C)c2)s1. The van der Waals surface area contributed by atoms with Crippen molar-refractivity contribution < 1.29 is 4.79 Å². The molecule has 2 aromatic heterocycles. The van der Waals surface area contributed by atoms with Gasteiger partial charge in [-0.3, -0.25) is 14.9 Å². The van der Waals surface area contributed by atoms with Crippen molar-refractivity contribution in [3.63, 3.8) is 0 Å². The van der Waals surface area contributed by atoms with E-state index in [1.165, 1.54) is 28.0 Å². The molecule has 0 bridgehead atoms. The number of carbonyl (C=O) groups excluding carboxylic acids is 1. The van der Waals surface area contributed by atoms with Gasteiger partial charge in [0, 0.05) is 12.3 Å². The van der Waals surface area contributed by atoms with E-state index in [0.29, 0.717) is 17.2 Å². The molecule has 0 unspecified atom stereocenters. The van der Waals surface area contributed by atoms with E-state index in [2.05, 4.69) is 15.5 Å². The van der Waals surface area contributed by atoms with Crippen LogP contribution in [0.3, 0.4) is 0 Å². The van der Waals surface area contributed by atoms with Gasteiger partial charge in [0.05, 0.1) is 12.1 Å². The summed E-state index contributed by atoms with van der Waals surface area (Å²) in [5.74, 6) is -0.315. The van der Waals surface area contributed by atoms with Crippen molar-refractivity contribution in [3.8, 4) is 0 Å². The number of carbonyl (C=O) groups is 1. The van der Waals surface area contributed by atoms with E-state index >= 15 is 0 Å². The van der Waals surface area contributed by atoms with Gasteiger partial charge in [-0.25, -0.2) is 0 Å². The molecule has 0 spiro atoms. The average Bonchev–Trinajstić information content (AvgIpc) is 2.96. The maximum Gasteiger partial charge on any atom is 0.258 e. The Morgan fingerprint density at radius 2 is 1.96 bits per heavy atom. The smallest absolute Gasteiger partial charge is 0.258 e. The van der Waals surface area contributed by atoms with Crippen LogP contribution in [0.2, 0.25) is 0 Å². The van der Waals surface area contributed by atoms with Crippen molar-refractivity contribution in [3.05, 3.63) is 74.6 Å². The second-order valence-electron chi connectivity index (χ2n) is 5.39. The van der Waals surface area contributed by atoms with Crippen molar-refractivity contribution in [2.75, 3.05) is 5.32 Å². The van der Waals surface area contributed by atoms with E-state index in [9.17, 15) is 9.59 Å². The summed E-state index contributed by atoms with van der Waals surface area (Å²) in [6.45, 7) is 4.23. The summed E-state index contributed by atoms with van der Waals surface area (Å²) in [5.41, 5.74) is 2.39. The minimum Gasteiger partial charge on any atom is -0.310 e. The molecule has 0 saturated heterocycles. The number of hydrogen-bond donors (Lipinski definition) is 1. The molecule has 0 saturated carbocycles. The highest BCUT2D eigenvalue weighted by molar-refractivity contribution is 7.15. The highest BCUT2D eigenvalue weighted by Gasteiger charge is 2.11. The molecular formula is C17H16N4O2S. The van der Waals surface area contributed by atoms with Crippen molar-refractivity contribution >= 4 is 22.4 Å². The molecule has 0 aliphatic rings. The number of hydrogen-bond acceptors (Lipinski definition) is 5. The topological polar surface area (TPSA) is 76.9 Å². The largest absolute Gasteiger partial charge is 0.310 e. The lowest BCUT2D eigenvalue weighted by atomic mass is 10.1. The molecule has 0 aliphatic heterocycles. The van der Waals surface area contributed by atoms with Gasteiger partial charge in [0.15, 0.2) is 0 Å². The van der Waals surface area contributed by atoms with E-state index in [-0.39, 0.29) is 11.5 Å². The van der Waals surface area contributed by atoms with E-state index in [1.54, 1.807) is 6.20 Å². The third kappa shape index (κ3) is 3.57. The highest BCUT2D eigenvalue weighted by Crippen LogP contribution is 2.15. The summed E-state index contributed by atoms with van der Waals surface area (Å²) < 4.78 is 1.53. The zero-order valence-electron chi connectivity index (χ0n) is 13.3. The van der Waals surface area contributed by atoms with Gasteiger partial charge < -0.3 is 4.57 Å². The van der Waals surface area contributed by atoms with Crippen LogP contribution in [0.15, 0.2) is 47.4 Å². The second-order valence-corrected chi connectivity index (χ2v) is 6.57. The molecule has 3 rings (SSSR count). The minimum absolute atomic E-state index is 0.151. The van der Waals surface area contributed by atoms with Crippen LogP contribution in [0.5, 0.6) is 0 Å². The zero-order valence-corrected chi connectivity index (χ0v) is 14.1. The number of anilines is 1. The molecule has 0 fully saturated rings. The van der Waals surface area contributed by atoms with Gasteiger partial charge in [-0.05, 0) is 31.0 Å².